The summed E-state index contributed by atoms with van der Waals surface area (Å²) in [5, 5.41) is 29.4. The minimum Gasteiger partial charge on any atom is -0.507 e. The van der Waals surface area contributed by atoms with Crippen molar-refractivity contribution in [2.45, 2.75) is 46.5 Å². The summed E-state index contributed by atoms with van der Waals surface area (Å²) in [4.78, 5) is 23.5. The van der Waals surface area contributed by atoms with Crippen molar-refractivity contribution >= 4 is 17.8 Å². The van der Waals surface area contributed by atoms with Crippen LogP contribution in [0, 0.1) is 13.8 Å². The van der Waals surface area contributed by atoms with E-state index in [9.17, 15) is 14.7 Å². The maximum absolute atomic E-state index is 10.5. The van der Waals surface area contributed by atoms with Gasteiger partial charge in [0.25, 0.3) is 0 Å². The van der Waals surface area contributed by atoms with Crippen LogP contribution in [0.25, 0.3) is 0 Å². The zero-order valence-corrected chi connectivity index (χ0v) is 16.5. The molecule has 0 atom stereocenters. The van der Waals surface area contributed by atoms with Crippen LogP contribution in [-0.4, -0.2) is 46.2 Å². The number of hydrogen-bond acceptors (Lipinski definition) is 5. The molecule has 0 aromatic heterocycles. The third kappa shape index (κ3) is 6.77. The molecule has 0 unspecified atom stereocenters. The lowest BCUT2D eigenvalue weighted by Gasteiger charge is -2.24. The molecule has 1 aliphatic rings. The van der Waals surface area contributed by atoms with Crippen LogP contribution in [0.3, 0.4) is 0 Å². The highest BCUT2D eigenvalue weighted by molar-refractivity contribution is 5.89. The molecule has 2 rings (SSSR count). The Kier molecular flexibility index (Phi) is 7.57. The molecule has 27 heavy (non-hydrogen) atoms. The SMILES string of the molecule is Cc1cc(C(C)(C)C)c(O)c(C)c1CC1=NCCN1.O=C(O)C=CC(=O)O. The Morgan fingerprint density at radius 2 is 1.74 bits per heavy atom. The number of aliphatic carboxylic acids is 2. The Morgan fingerprint density at radius 1 is 1.19 bits per heavy atom. The van der Waals surface area contributed by atoms with E-state index < -0.39 is 11.9 Å². The number of rotatable bonds is 4. The summed E-state index contributed by atoms with van der Waals surface area (Å²) in [7, 11) is 0. The molecule has 0 saturated carbocycles. The van der Waals surface area contributed by atoms with E-state index in [2.05, 4.69) is 44.1 Å². The highest BCUT2D eigenvalue weighted by Crippen LogP contribution is 2.36. The van der Waals surface area contributed by atoms with Gasteiger partial charge in [-0.1, -0.05) is 26.8 Å². The minimum atomic E-state index is -1.26. The second kappa shape index (κ2) is 9.21. The highest BCUT2D eigenvalue weighted by Gasteiger charge is 2.22. The van der Waals surface area contributed by atoms with Crippen molar-refractivity contribution in [1.29, 1.82) is 0 Å². The van der Waals surface area contributed by atoms with E-state index >= 15 is 0 Å². The van der Waals surface area contributed by atoms with E-state index in [4.69, 9.17) is 10.2 Å². The first kappa shape index (κ1) is 22.2. The monoisotopic (exact) mass is 376 g/mol. The smallest absolute Gasteiger partial charge is 0.328 e. The van der Waals surface area contributed by atoms with Gasteiger partial charge in [-0.3, -0.25) is 4.99 Å². The van der Waals surface area contributed by atoms with Crippen LogP contribution in [0.2, 0.25) is 0 Å². The van der Waals surface area contributed by atoms with Crippen molar-refractivity contribution in [2.75, 3.05) is 13.1 Å². The number of benzene rings is 1. The number of carbonyl (C=O) groups is 2. The molecule has 0 bridgehead atoms. The molecule has 1 heterocycles. The number of hydrogen-bond donors (Lipinski definition) is 4. The van der Waals surface area contributed by atoms with Crippen LogP contribution in [0.15, 0.2) is 23.2 Å². The summed E-state index contributed by atoms with van der Waals surface area (Å²) in [6.45, 7) is 12.3. The number of carboxylic acids is 2. The fraction of sp³-hybridized carbons (Fsp3) is 0.450. The van der Waals surface area contributed by atoms with E-state index in [1.165, 1.54) is 11.1 Å². The molecular weight excluding hydrogens is 348 g/mol. The zero-order valence-electron chi connectivity index (χ0n) is 16.5. The van der Waals surface area contributed by atoms with Crippen molar-refractivity contribution in [2.24, 2.45) is 4.99 Å². The van der Waals surface area contributed by atoms with Gasteiger partial charge in [0.05, 0.1) is 6.54 Å². The van der Waals surface area contributed by atoms with Gasteiger partial charge < -0.3 is 20.6 Å². The van der Waals surface area contributed by atoms with Crippen molar-refractivity contribution in [3.63, 3.8) is 0 Å². The fourth-order valence-electron chi connectivity index (χ4n) is 2.73. The molecule has 0 amide bonds. The number of nitrogens with one attached hydrogen (secondary N) is 1. The summed E-state index contributed by atoms with van der Waals surface area (Å²) < 4.78 is 0. The molecule has 0 saturated heterocycles. The van der Waals surface area contributed by atoms with Gasteiger partial charge in [-0.05, 0) is 41.5 Å². The topological polar surface area (TPSA) is 119 Å². The molecular formula is C20H28N2O5. The zero-order chi connectivity index (χ0) is 20.8. The standard InChI is InChI=1S/C16H24N2O.C4H4O4/c1-10-8-13(16(3,4)5)15(19)11(2)12(10)9-14-17-6-7-18-14;5-3(6)1-2-4(7)8/h8,19H,6-7,9H2,1-5H3,(H,17,18);1-2H,(H,5,6)(H,7,8). The number of aliphatic imine (C=N–C) groups is 1. The van der Waals surface area contributed by atoms with Gasteiger partial charge in [0.1, 0.15) is 11.6 Å². The van der Waals surface area contributed by atoms with E-state index in [-0.39, 0.29) is 5.41 Å². The molecule has 0 spiro atoms. The number of phenolic OH excluding ortho intramolecular Hbond substituents is 1. The Morgan fingerprint density at radius 3 is 2.15 bits per heavy atom. The normalized spacial score (nSPS) is 13.6. The minimum absolute atomic E-state index is 0.0404. The van der Waals surface area contributed by atoms with Crippen LogP contribution in [0.4, 0.5) is 0 Å². The predicted octanol–water partition coefficient (Wildman–Crippen LogP) is 2.56. The molecule has 1 aliphatic heterocycles. The molecule has 0 fully saturated rings. The number of phenols is 1. The largest absolute Gasteiger partial charge is 0.507 e. The van der Waals surface area contributed by atoms with Gasteiger partial charge in [0.15, 0.2) is 0 Å². The highest BCUT2D eigenvalue weighted by atomic mass is 16.4. The molecule has 0 aliphatic carbocycles. The summed E-state index contributed by atoms with van der Waals surface area (Å²) in [5.74, 6) is -1.04. The third-order valence-electron chi connectivity index (χ3n) is 4.16. The van der Waals surface area contributed by atoms with Gasteiger partial charge in [-0.25, -0.2) is 9.59 Å². The summed E-state index contributed by atoms with van der Waals surface area (Å²) in [5.41, 5.74) is 4.39. The Balaban J connectivity index is 0.000000387. The van der Waals surface area contributed by atoms with Crippen molar-refractivity contribution in [3.8, 4) is 5.75 Å². The molecule has 7 heteroatoms. The first-order valence-corrected chi connectivity index (χ1v) is 8.67. The van der Waals surface area contributed by atoms with Crippen molar-refractivity contribution in [3.05, 3.63) is 40.5 Å². The average Bonchev–Trinajstić information content (AvgIpc) is 3.05. The van der Waals surface area contributed by atoms with E-state index in [1.54, 1.807) is 0 Å². The van der Waals surface area contributed by atoms with Gasteiger partial charge in [0.2, 0.25) is 0 Å². The average molecular weight is 376 g/mol. The summed E-state index contributed by atoms with van der Waals surface area (Å²) in [6.07, 6.45) is 1.90. The lowest BCUT2D eigenvalue weighted by Crippen LogP contribution is -2.22. The molecule has 1 aromatic carbocycles. The Labute approximate surface area is 159 Å². The van der Waals surface area contributed by atoms with E-state index in [0.717, 1.165) is 36.5 Å². The predicted molar refractivity (Wildman–Crippen MR) is 105 cm³/mol. The maximum atomic E-state index is 10.5. The second-order valence-corrected chi connectivity index (χ2v) is 7.38. The summed E-state index contributed by atoms with van der Waals surface area (Å²) >= 11 is 0. The number of amidine groups is 1. The first-order chi connectivity index (χ1) is 12.4. The second-order valence-electron chi connectivity index (χ2n) is 7.38. The van der Waals surface area contributed by atoms with Gasteiger partial charge >= 0.3 is 11.9 Å². The van der Waals surface area contributed by atoms with Crippen LogP contribution < -0.4 is 5.32 Å². The first-order valence-electron chi connectivity index (χ1n) is 8.67. The Hall–Kier alpha value is -2.83. The van der Waals surface area contributed by atoms with Gasteiger partial charge in [0, 0.05) is 25.1 Å². The van der Waals surface area contributed by atoms with Crippen molar-refractivity contribution < 1.29 is 24.9 Å². The lowest BCUT2D eigenvalue weighted by atomic mass is 9.82. The van der Waals surface area contributed by atoms with Crippen LogP contribution >= 0.6 is 0 Å². The van der Waals surface area contributed by atoms with E-state index in [0.29, 0.717) is 17.9 Å². The molecule has 4 N–H and O–H groups in total. The lowest BCUT2D eigenvalue weighted by molar-refractivity contribution is -0.134. The number of aromatic hydroxyl groups is 1. The number of carboxylic acid groups (broad SMARTS) is 2. The van der Waals surface area contributed by atoms with Gasteiger partial charge in [-0.15, -0.1) is 0 Å². The van der Waals surface area contributed by atoms with Crippen LogP contribution in [0.1, 0.15) is 43.0 Å². The quantitative estimate of drug-likeness (QED) is 0.600. The third-order valence-corrected chi connectivity index (χ3v) is 4.16. The van der Waals surface area contributed by atoms with Crippen LogP contribution in [-0.2, 0) is 21.4 Å². The van der Waals surface area contributed by atoms with E-state index in [1.807, 2.05) is 6.92 Å². The molecule has 0 radical (unpaired) electrons. The fourth-order valence-corrected chi connectivity index (χ4v) is 2.73. The van der Waals surface area contributed by atoms with Gasteiger partial charge in [-0.2, -0.15) is 0 Å². The van der Waals surface area contributed by atoms with Crippen LogP contribution in [0.5, 0.6) is 5.75 Å². The number of aryl methyl sites for hydroxylation is 1. The maximum Gasteiger partial charge on any atom is 0.328 e. The molecule has 148 valence electrons. The molecule has 1 aromatic rings. The number of nitrogens with zero attached hydrogens (tertiary/aromatic N) is 1. The molecule has 7 nitrogen and oxygen atoms in total. The Bertz CT molecular complexity index is 758. The van der Waals surface area contributed by atoms with Crippen molar-refractivity contribution in [1.82, 2.24) is 5.32 Å². The summed E-state index contributed by atoms with van der Waals surface area (Å²) in [6, 6.07) is 2.12.